The van der Waals surface area contributed by atoms with Crippen molar-refractivity contribution >= 4 is 40.1 Å². The van der Waals surface area contributed by atoms with Crippen molar-refractivity contribution in [2.45, 2.75) is 6.04 Å². The zero-order valence-corrected chi connectivity index (χ0v) is 17.8. The summed E-state index contributed by atoms with van der Waals surface area (Å²) in [4.78, 5) is 40.3. The SMILES string of the molecule is O=C1CN(C(=O)c2cc3ccccc3oc2=O)C(c2ccc(F)cc2)c2cc(Cl)ccc2N1. The molecular weight excluding hydrogens is 447 g/mol. The first kappa shape index (κ1) is 20.9. The molecule has 8 heteroatoms. The standard InChI is InChI=1S/C25H16ClFN2O4/c26-16-7-10-20-18(12-16)23(14-5-8-17(27)9-6-14)29(13-22(30)28-20)24(31)19-11-15-3-1-2-4-21(15)33-25(19)32/h1-12,23H,13H2,(H,28,30). The van der Waals surface area contributed by atoms with Gasteiger partial charge in [0.1, 0.15) is 23.5 Å². The molecule has 0 saturated carbocycles. The van der Waals surface area contributed by atoms with Gasteiger partial charge in [0.15, 0.2) is 0 Å². The highest BCUT2D eigenvalue weighted by Crippen LogP contribution is 2.38. The molecule has 33 heavy (non-hydrogen) atoms. The van der Waals surface area contributed by atoms with Gasteiger partial charge in [0.2, 0.25) is 5.91 Å². The van der Waals surface area contributed by atoms with Gasteiger partial charge in [-0.2, -0.15) is 0 Å². The van der Waals surface area contributed by atoms with Gasteiger partial charge in [-0.15, -0.1) is 0 Å². The van der Waals surface area contributed by atoms with E-state index in [0.717, 1.165) is 0 Å². The van der Waals surface area contributed by atoms with Crippen molar-refractivity contribution in [2.75, 3.05) is 11.9 Å². The van der Waals surface area contributed by atoms with Gasteiger partial charge in [-0.05, 0) is 48.0 Å². The molecule has 6 nitrogen and oxygen atoms in total. The summed E-state index contributed by atoms with van der Waals surface area (Å²) in [5.41, 5.74) is 0.888. The smallest absolute Gasteiger partial charge is 0.349 e. The average molecular weight is 463 g/mol. The minimum atomic E-state index is -0.812. The minimum Gasteiger partial charge on any atom is -0.422 e. The number of nitrogens with zero attached hydrogens (tertiary/aromatic N) is 1. The Labute approximate surface area is 192 Å². The fourth-order valence-corrected chi connectivity index (χ4v) is 4.22. The van der Waals surface area contributed by atoms with E-state index in [1.54, 1.807) is 42.5 Å². The second-order valence-electron chi connectivity index (χ2n) is 7.65. The molecule has 0 bridgehead atoms. The number of rotatable bonds is 2. The molecular formula is C25H16ClFN2O4. The van der Waals surface area contributed by atoms with Crippen molar-refractivity contribution in [2.24, 2.45) is 0 Å². The number of carbonyl (C=O) groups excluding carboxylic acids is 2. The summed E-state index contributed by atoms with van der Waals surface area (Å²) in [6, 6.07) is 18.0. The second-order valence-corrected chi connectivity index (χ2v) is 8.09. The van der Waals surface area contributed by atoms with Crippen molar-refractivity contribution in [3.8, 4) is 0 Å². The van der Waals surface area contributed by atoms with E-state index in [2.05, 4.69) is 5.32 Å². The maximum absolute atomic E-state index is 13.7. The Bertz CT molecular complexity index is 1470. The number of anilines is 1. The summed E-state index contributed by atoms with van der Waals surface area (Å²) in [5, 5.41) is 3.74. The van der Waals surface area contributed by atoms with Crippen LogP contribution in [0.2, 0.25) is 5.02 Å². The Hall–Kier alpha value is -3.97. The summed E-state index contributed by atoms with van der Waals surface area (Å²) < 4.78 is 19.0. The summed E-state index contributed by atoms with van der Waals surface area (Å²) in [6.45, 7) is -0.334. The van der Waals surface area contributed by atoms with E-state index in [-0.39, 0.29) is 12.1 Å². The summed E-state index contributed by atoms with van der Waals surface area (Å²) in [7, 11) is 0. The van der Waals surface area contributed by atoms with Crippen LogP contribution in [-0.4, -0.2) is 23.3 Å². The van der Waals surface area contributed by atoms with Gasteiger partial charge in [-0.3, -0.25) is 9.59 Å². The Balaban J connectivity index is 1.70. The number of para-hydroxylation sites is 1. The number of nitrogens with one attached hydrogen (secondary N) is 1. The van der Waals surface area contributed by atoms with Gasteiger partial charge < -0.3 is 14.6 Å². The molecule has 4 aromatic rings. The largest absolute Gasteiger partial charge is 0.422 e. The van der Waals surface area contributed by atoms with Crippen LogP contribution in [0.4, 0.5) is 10.1 Å². The monoisotopic (exact) mass is 462 g/mol. The van der Waals surface area contributed by atoms with Gasteiger partial charge in [0, 0.05) is 21.7 Å². The third-order valence-corrected chi connectivity index (χ3v) is 5.76. The Morgan fingerprint density at radius 1 is 1.03 bits per heavy atom. The number of carbonyl (C=O) groups is 2. The third kappa shape index (κ3) is 3.87. The van der Waals surface area contributed by atoms with E-state index in [1.165, 1.54) is 35.2 Å². The predicted octanol–water partition coefficient (Wildman–Crippen LogP) is 4.77. The van der Waals surface area contributed by atoms with E-state index >= 15 is 0 Å². The van der Waals surface area contributed by atoms with Crippen molar-refractivity contribution < 1.29 is 18.4 Å². The van der Waals surface area contributed by atoms with Crippen LogP contribution in [0.15, 0.2) is 82.0 Å². The van der Waals surface area contributed by atoms with Crippen LogP contribution in [0.5, 0.6) is 0 Å². The molecule has 1 aliphatic heterocycles. The van der Waals surface area contributed by atoms with Gasteiger partial charge in [-0.25, -0.2) is 9.18 Å². The van der Waals surface area contributed by atoms with Crippen molar-refractivity contribution in [3.05, 3.63) is 111 Å². The van der Waals surface area contributed by atoms with E-state index in [4.69, 9.17) is 16.0 Å². The van der Waals surface area contributed by atoms with E-state index in [1.807, 2.05) is 0 Å². The van der Waals surface area contributed by atoms with E-state index in [0.29, 0.717) is 32.8 Å². The van der Waals surface area contributed by atoms with Crippen LogP contribution in [-0.2, 0) is 4.79 Å². The van der Waals surface area contributed by atoms with Crippen molar-refractivity contribution in [1.29, 1.82) is 0 Å². The molecule has 164 valence electrons. The van der Waals surface area contributed by atoms with Crippen LogP contribution >= 0.6 is 11.6 Å². The second kappa shape index (κ2) is 8.18. The maximum Gasteiger partial charge on any atom is 0.349 e. The zero-order chi connectivity index (χ0) is 23.1. The molecule has 5 rings (SSSR count). The quantitative estimate of drug-likeness (QED) is 0.435. The normalized spacial score (nSPS) is 15.6. The number of fused-ring (bicyclic) bond motifs is 2. The molecule has 2 heterocycles. The summed E-state index contributed by atoms with van der Waals surface area (Å²) in [6.07, 6.45) is 0. The first-order valence-electron chi connectivity index (χ1n) is 10.1. The van der Waals surface area contributed by atoms with Crippen LogP contribution in [0.3, 0.4) is 0 Å². The number of amides is 2. The van der Waals surface area contributed by atoms with Crippen LogP contribution in [0, 0.1) is 5.82 Å². The summed E-state index contributed by atoms with van der Waals surface area (Å²) in [5.74, 6) is -1.57. The number of benzene rings is 3. The van der Waals surface area contributed by atoms with Crippen LogP contribution in [0.25, 0.3) is 11.0 Å². The molecule has 1 atom stereocenters. The van der Waals surface area contributed by atoms with Gasteiger partial charge >= 0.3 is 5.63 Å². The first-order valence-corrected chi connectivity index (χ1v) is 10.5. The van der Waals surface area contributed by atoms with E-state index in [9.17, 15) is 18.8 Å². The Morgan fingerprint density at radius 3 is 2.58 bits per heavy atom. The zero-order valence-electron chi connectivity index (χ0n) is 17.0. The predicted molar refractivity (Wildman–Crippen MR) is 122 cm³/mol. The lowest BCUT2D eigenvalue weighted by Crippen LogP contribution is -2.40. The molecule has 0 fully saturated rings. The number of halogens is 2. The highest BCUT2D eigenvalue weighted by atomic mass is 35.5. The fraction of sp³-hybridized carbons (Fsp3) is 0.0800. The highest BCUT2D eigenvalue weighted by Gasteiger charge is 2.35. The molecule has 0 aliphatic carbocycles. The molecule has 1 unspecified atom stereocenters. The number of hydrogen-bond donors (Lipinski definition) is 1. The number of hydrogen-bond acceptors (Lipinski definition) is 4. The summed E-state index contributed by atoms with van der Waals surface area (Å²) >= 11 is 6.24. The maximum atomic E-state index is 13.7. The van der Waals surface area contributed by atoms with Crippen LogP contribution < -0.4 is 10.9 Å². The van der Waals surface area contributed by atoms with E-state index < -0.39 is 29.3 Å². The molecule has 1 aromatic heterocycles. The highest BCUT2D eigenvalue weighted by molar-refractivity contribution is 6.30. The molecule has 2 amide bonds. The lowest BCUT2D eigenvalue weighted by molar-refractivity contribution is -0.117. The lowest BCUT2D eigenvalue weighted by Gasteiger charge is -2.30. The van der Waals surface area contributed by atoms with Crippen LogP contribution in [0.1, 0.15) is 27.5 Å². The van der Waals surface area contributed by atoms with Gasteiger partial charge in [0.05, 0.1) is 6.04 Å². The third-order valence-electron chi connectivity index (χ3n) is 5.53. The van der Waals surface area contributed by atoms with Crippen molar-refractivity contribution in [1.82, 2.24) is 4.90 Å². The molecule has 3 aromatic carbocycles. The fourth-order valence-electron chi connectivity index (χ4n) is 4.04. The minimum absolute atomic E-state index is 0.209. The average Bonchev–Trinajstić information content (AvgIpc) is 2.94. The Kier molecular flexibility index (Phi) is 5.18. The topological polar surface area (TPSA) is 79.6 Å². The molecule has 0 saturated heterocycles. The first-order chi connectivity index (χ1) is 15.9. The molecule has 1 aliphatic rings. The Morgan fingerprint density at radius 2 is 1.79 bits per heavy atom. The van der Waals surface area contributed by atoms with Gasteiger partial charge in [0.25, 0.3) is 5.91 Å². The lowest BCUT2D eigenvalue weighted by atomic mass is 9.95. The molecule has 0 spiro atoms. The van der Waals surface area contributed by atoms with Crippen molar-refractivity contribution in [3.63, 3.8) is 0 Å². The molecule has 0 radical (unpaired) electrons. The van der Waals surface area contributed by atoms with Gasteiger partial charge in [-0.1, -0.05) is 41.9 Å². The molecule has 1 N–H and O–H groups in total.